The molecule has 0 unspecified atom stereocenters. The van der Waals surface area contributed by atoms with Crippen LogP contribution in [0.1, 0.15) is 49.5 Å². The maximum atomic E-state index is 14.3. The van der Waals surface area contributed by atoms with Gasteiger partial charge in [0, 0.05) is 60.4 Å². The summed E-state index contributed by atoms with van der Waals surface area (Å²) in [6.07, 6.45) is -1.89. The van der Waals surface area contributed by atoms with Crippen molar-refractivity contribution < 1.29 is 55.6 Å². The Bertz CT molecular complexity index is 1780. The number of hydrogen-bond acceptors (Lipinski definition) is 9. The summed E-state index contributed by atoms with van der Waals surface area (Å²) in [6.45, 7) is 5.24. The number of aliphatic hydroxyl groups excluding tert-OH is 1. The molecule has 270 valence electrons. The Labute approximate surface area is 284 Å². The number of hydrogen-bond donors (Lipinski definition) is 2. The maximum absolute atomic E-state index is 14.3. The monoisotopic (exact) mass is 708 g/mol. The van der Waals surface area contributed by atoms with Crippen molar-refractivity contribution in [3.63, 3.8) is 0 Å². The molecule has 0 aliphatic heterocycles. The van der Waals surface area contributed by atoms with Crippen molar-refractivity contribution in [3.8, 4) is 11.6 Å². The van der Waals surface area contributed by atoms with Crippen LogP contribution in [-0.2, 0) is 16.0 Å². The second kappa shape index (κ2) is 16.7. The minimum atomic E-state index is -5.29. The van der Waals surface area contributed by atoms with Gasteiger partial charge in [0.2, 0.25) is 11.6 Å². The molecule has 0 aliphatic rings. The molecule has 0 saturated carbocycles. The number of carbonyl (C=O) groups excluding carboxylic acids is 2. The highest BCUT2D eigenvalue weighted by Gasteiger charge is 2.34. The average Bonchev–Trinajstić information content (AvgIpc) is 3.04. The fourth-order valence-electron chi connectivity index (χ4n) is 4.84. The van der Waals surface area contributed by atoms with Crippen LogP contribution in [0.4, 0.5) is 26.7 Å². The molecule has 0 saturated heterocycles. The molecule has 4 rings (SSSR count). The number of amides is 2. The van der Waals surface area contributed by atoms with Crippen LogP contribution in [0, 0.1) is 11.6 Å². The first-order valence-electron chi connectivity index (χ1n) is 15.6. The number of halogens is 5. The van der Waals surface area contributed by atoms with Gasteiger partial charge >= 0.3 is 12.5 Å². The lowest BCUT2D eigenvalue weighted by Gasteiger charge is -2.27. The number of fused-ring (bicyclic) bond motifs is 3. The molecule has 16 heteroatoms. The standard InChI is InChI=1S/C34H37F5N4O7/c1-33(2,3)50-32(46)43(20-21-16-26(35)29(27(36)17-21)49-34(37,38)39)11-4-5-13-47-14-15-48-31-24-8-9-40-19-25(24)23-7-6-22(18-28(23)42-31)30(45)41-10-12-44/h6-9,16-19,44H,4-5,10-15,20H2,1-3H3,(H,41,45). The summed E-state index contributed by atoms with van der Waals surface area (Å²) in [5.74, 6) is -4.74. The van der Waals surface area contributed by atoms with Gasteiger partial charge in [-0.1, -0.05) is 6.07 Å². The van der Waals surface area contributed by atoms with Gasteiger partial charge in [0.1, 0.15) is 12.2 Å². The summed E-state index contributed by atoms with van der Waals surface area (Å²) in [4.78, 5) is 35.3. The topological polar surface area (TPSA) is 132 Å². The predicted molar refractivity (Wildman–Crippen MR) is 172 cm³/mol. The number of carbonyl (C=O) groups is 2. The Balaban J connectivity index is 1.32. The number of benzene rings is 2. The number of nitrogens with one attached hydrogen (secondary N) is 1. The van der Waals surface area contributed by atoms with Crippen LogP contribution >= 0.6 is 0 Å². The number of aliphatic hydroxyl groups is 1. The van der Waals surface area contributed by atoms with Crippen LogP contribution < -0.4 is 14.8 Å². The third-order valence-corrected chi connectivity index (χ3v) is 6.96. The van der Waals surface area contributed by atoms with E-state index in [1.165, 1.54) is 4.90 Å². The summed E-state index contributed by atoms with van der Waals surface area (Å²) in [7, 11) is 0. The van der Waals surface area contributed by atoms with Gasteiger partial charge in [-0.2, -0.15) is 0 Å². The first kappa shape index (κ1) is 38.0. The molecule has 2 amide bonds. The predicted octanol–water partition coefficient (Wildman–Crippen LogP) is 6.29. The van der Waals surface area contributed by atoms with Crippen LogP contribution in [0.2, 0.25) is 0 Å². The van der Waals surface area contributed by atoms with Crippen molar-refractivity contribution in [1.82, 2.24) is 20.2 Å². The fourth-order valence-corrected chi connectivity index (χ4v) is 4.84. The minimum Gasteiger partial charge on any atom is -0.475 e. The van der Waals surface area contributed by atoms with E-state index in [1.54, 1.807) is 57.4 Å². The van der Waals surface area contributed by atoms with Crippen molar-refractivity contribution in [2.24, 2.45) is 0 Å². The highest BCUT2D eigenvalue weighted by molar-refractivity contribution is 6.09. The van der Waals surface area contributed by atoms with E-state index in [0.29, 0.717) is 41.9 Å². The second-order valence-corrected chi connectivity index (χ2v) is 12.1. The van der Waals surface area contributed by atoms with Gasteiger partial charge in [0.15, 0.2) is 11.6 Å². The zero-order chi connectivity index (χ0) is 36.5. The van der Waals surface area contributed by atoms with Crippen LogP contribution in [0.15, 0.2) is 48.8 Å². The van der Waals surface area contributed by atoms with E-state index >= 15 is 0 Å². The molecule has 11 nitrogen and oxygen atoms in total. The summed E-state index contributed by atoms with van der Waals surface area (Å²) in [5, 5.41) is 13.9. The summed E-state index contributed by atoms with van der Waals surface area (Å²) in [5.41, 5.74) is -0.0867. The second-order valence-electron chi connectivity index (χ2n) is 12.1. The van der Waals surface area contributed by atoms with E-state index in [1.807, 2.05) is 0 Å². The van der Waals surface area contributed by atoms with Crippen LogP contribution in [0.25, 0.3) is 21.7 Å². The van der Waals surface area contributed by atoms with Crippen molar-refractivity contribution in [1.29, 1.82) is 0 Å². The van der Waals surface area contributed by atoms with Gasteiger partial charge in [0.25, 0.3) is 5.91 Å². The SMILES string of the molecule is CC(C)(C)OC(=O)N(CCCCOCCOc1nc2cc(C(=O)NCCO)ccc2c2cnccc12)Cc1cc(F)c(OC(F)(F)F)c(F)c1. The minimum absolute atomic E-state index is 0.0967. The molecule has 4 aromatic rings. The molecular weight excluding hydrogens is 671 g/mol. The van der Waals surface area contributed by atoms with Crippen molar-refractivity contribution in [2.75, 3.05) is 39.5 Å². The first-order chi connectivity index (χ1) is 23.6. The zero-order valence-corrected chi connectivity index (χ0v) is 27.6. The number of unbranched alkanes of at least 4 members (excludes halogenated alkanes) is 1. The molecule has 50 heavy (non-hydrogen) atoms. The van der Waals surface area contributed by atoms with Gasteiger partial charge in [-0.25, -0.2) is 18.6 Å². The Kier molecular flexibility index (Phi) is 12.7. The fraction of sp³-hybridized carbons (Fsp3) is 0.412. The molecule has 0 aliphatic carbocycles. The smallest absolute Gasteiger partial charge is 0.475 e. The quantitative estimate of drug-likeness (QED) is 0.0831. The molecule has 2 heterocycles. The Hall–Kier alpha value is -4.83. The van der Waals surface area contributed by atoms with Crippen LogP contribution in [0.3, 0.4) is 0 Å². The largest absolute Gasteiger partial charge is 0.573 e. The lowest BCUT2D eigenvalue weighted by molar-refractivity contribution is -0.276. The van der Waals surface area contributed by atoms with Crippen molar-refractivity contribution >= 4 is 33.7 Å². The lowest BCUT2D eigenvalue weighted by atomic mass is 10.1. The molecule has 0 radical (unpaired) electrons. The first-order valence-corrected chi connectivity index (χ1v) is 15.6. The van der Waals surface area contributed by atoms with Crippen molar-refractivity contribution in [3.05, 3.63) is 71.6 Å². The molecule has 0 bridgehead atoms. The van der Waals surface area contributed by atoms with Gasteiger partial charge in [-0.15, -0.1) is 13.2 Å². The molecule has 0 fully saturated rings. The Morgan fingerprint density at radius 3 is 2.36 bits per heavy atom. The highest BCUT2D eigenvalue weighted by atomic mass is 19.4. The van der Waals surface area contributed by atoms with Gasteiger partial charge in [-0.05, 0) is 69.5 Å². The summed E-state index contributed by atoms with van der Waals surface area (Å²) in [6, 6.07) is 8.18. The van der Waals surface area contributed by atoms with E-state index in [9.17, 15) is 31.5 Å². The van der Waals surface area contributed by atoms with E-state index in [2.05, 4.69) is 20.0 Å². The Morgan fingerprint density at radius 1 is 0.940 bits per heavy atom. The number of nitrogens with zero attached hydrogens (tertiary/aromatic N) is 3. The zero-order valence-electron chi connectivity index (χ0n) is 27.6. The van der Waals surface area contributed by atoms with E-state index in [0.717, 1.165) is 16.2 Å². The number of pyridine rings is 2. The average molecular weight is 709 g/mol. The highest BCUT2D eigenvalue weighted by Crippen LogP contribution is 2.32. The number of aromatic nitrogens is 2. The molecule has 2 aromatic carbocycles. The number of ether oxygens (including phenoxy) is 4. The molecule has 2 aromatic heterocycles. The van der Waals surface area contributed by atoms with E-state index in [4.69, 9.17) is 19.3 Å². The maximum Gasteiger partial charge on any atom is 0.573 e. The molecule has 2 N–H and O–H groups in total. The third kappa shape index (κ3) is 10.8. The summed E-state index contributed by atoms with van der Waals surface area (Å²) < 4.78 is 86.7. The van der Waals surface area contributed by atoms with Gasteiger partial charge < -0.3 is 34.3 Å². The van der Waals surface area contributed by atoms with Gasteiger partial charge in [0.05, 0.1) is 18.7 Å². The number of alkyl halides is 3. The molecule has 0 atom stereocenters. The number of rotatable bonds is 15. The van der Waals surface area contributed by atoms with Crippen molar-refractivity contribution in [2.45, 2.75) is 52.1 Å². The molecular formula is C34H37F5N4O7. The van der Waals surface area contributed by atoms with Crippen LogP contribution in [-0.4, -0.2) is 83.5 Å². The van der Waals surface area contributed by atoms with E-state index in [-0.39, 0.29) is 57.5 Å². The van der Waals surface area contributed by atoms with Crippen LogP contribution in [0.5, 0.6) is 11.6 Å². The van der Waals surface area contributed by atoms with Gasteiger partial charge in [-0.3, -0.25) is 9.78 Å². The lowest BCUT2D eigenvalue weighted by Crippen LogP contribution is -2.37. The summed E-state index contributed by atoms with van der Waals surface area (Å²) >= 11 is 0. The molecule has 0 spiro atoms. The Morgan fingerprint density at radius 2 is 1.68 bits per heavy atom. The normalized spacial score (nSPS) is 11.9. The van der Waals surface area contributed by atoms with E-state index < -0.39 is 35.4 Å². The third-order valence-electron chi connectivity index (χ3n) is 6.96.